The average Bonchev–Trinajstić information content (AvgIpc) is 2.55. The van der Waals surface area contributed by atoms with Crippen molar-refractivity contribution in [1.29, 1.82) is 0 Å². The number of methoxy groups -OCH3 is 2. The molecule has 0 spiro atoms. The minimum Gasteiger partial charge on any atom is -0.497 e. The summed E-state index contributed by atoms with van der Waals surface area (Å²) in [5, 5.41) is 4.29. The molecule has 2 aromatic rings. The summed E-state index contributed by atoms with van der Waals surface area (Å²) in [6.45, 7) is 0. The van der Waals surface area contributed by atoms with Crippen molar-refractivity contribution in [2.45, 2.75) is 0 Å². The predicted octanol–water partition coefficient (Wildman–Crippen LogP) is 3.12. The molecule has 0 aromatic heterocycles. The molecule has 0 radical (unpaired) electrons. The van der Waals surface area contributed by atoms with Crippen LogP contribution < -0.4 is 14.9 Å². The van der Waals surface area contributed by atoms with Crippen LogP contribution in [0.5, 0.6) is 11.5 Å². The van der Waals surface area contributed by atoms with Crippen LogP contribution in [0.1, 0.15) is 15.9 Å². The van der Waals surface area contributed by atoms with Gasteiger partial charge in [0, 0.05) is 11.6 Å². The van der Waals surface area contributed by atoms with E-state index in [9.17, 15) is 4.79 Å². The number of benzene rings is 2. The van der Waals surface area contributed by atoms with Crippen molar-refractivity contribution >= 4 is 23.7 Å². The van der Waals surface area contributed by atoms with Crippen LogP contribution in [-0.2, 0) is 0 Å². The number of nitrogens with zero attached hydrogens (tertiary/aromatic N) is 1. The van der Waals surface area contributed by atoms with Crippen LogP contribution in [0.2, 0.25) is 5.02 Å². The molecular weight excluding hydrogens is 304 g/mol. The third-order valence-corrected chi connectivity index (χ3v) is 3.26. The molecule has 0 atom stereocenters. The van der Waals surface area contributed by atoms with Gasteiger partial charge in [-0.2, -0.15) is 5.10 Å². The quantitative estimate of drug-likeness (QED) is 0.680. The number of ether oxygens (including phenoxy) is 2. The van der Waals surface area contributed by atoms with Crippen molar-refractivity contribution in [3.8, 4) is 11.5 Å². The molecule has 0 aliphatic heterocycles. The molecular formula is C16H15ClN2O3. The molecule has 0 saturated heterocycles. The smallest absolute Gasteiger partial charge is 0.272 e. The van der Waals surface area contributed by atoms with E-state index in [1.165, 1.54) is 6.21 Å². The molecule has 2 aromatic carbocycles. The Hall–Kier alpha value is -2.53. The second kappa shape index (κ2) is 7.47. The first-order valence-corrected chi connectivity index (χ1v) is 6.83. The molecule has 5 nitrogen and oxygen atoms in total. The third-order valence-electron chi connectivity index (χ3n) is 2.93. The van der Waals surface area contributed by atoms with Crippen LogP contribution in [0.15, 0.2) is 47.6 Å². The highest BCUT2D eigenvalue weighted by Gasteiger charge is 2.08. The van der Waals surface area contributed by atoms with Crippen LogP contribution in [0.4, 0.5) is 0 Å². The number of nitrogens with one attached hydrogen (secondary N) is 1. The molecule has 1 amide bonds. The predicted molar refractivity (Wildman–Crippen MR) is 86.1 cm³/mol. The van der Waals surface area contributed by atoms with Gasteiger partial charge >= 0.3 is 0 Å². The molecule has 1 N–H and O–H groups in total. The fraction of sp³-hybridized carbons (Fsp3) is 0.125. The molecule has 114 valence electrons. The van der Waals surface area contributed by atoms with Crippen molar-refractivity contribution in [3.05, 3.63) is 58.6 Å². The zero-order valence-electron chi connectivity index (χ0n) is 12.2. The zero-order valence-corrected chi connectivity index (χ0v) is 12.9. The Balaban J connectivity index is 2.10. The first-order valence-electron chi connectivity index (χ1n) is 6.45. The van der Waals surface area contributed by atoms with Gasteiger partial charge in [-0.1, -0.05) is 23.7 Å². The molecule has 0 aliphatic rings. The molecule has 0 saturated carbocycles. The van der Waals surface area contributed by atoms with Crippen LogP contribution in [0.3, 0.4) is 0 Å². The molecule has 0 aliphatic carbocycles. The monoisotopic (exact) mass is 318 g/mol. The minimum absolute atomic E-state index is 0.364. The summed E-state index contributed by atoms with van der Waals surface area (Å²) in [5.41, 5.74) is 3.50. The van der Waals surface area contributed by atoms with E-state index < -0.39 is 0 Å². The van der Waals surface area contributed by atoms with Crippen molar-refractivity contribution < 1.29 is 14.3 Å². The SMILES string of the molecule is COc1ccc(/C=N/NC(=O)c2ccccc2Cl)c(OC)c1. The van der Waals surface area contributed by atoms with Crippen molar-refractivity contribution in [2.75, 3.05) is 14.2 Å². The first-order chi connectivity index (χ1) is 10.7. The van der Waals surface area contributed by atoms with Gasteiger partial charge in [-0.3, -0.25) is 4.79 Å². The second-order valence-corrected chi connectivity index (χ2v) is 4.69. The van der Waals surface area contributed by atoms with Gasteiger partial charge in [0.1, 0.15) is 11.5 Å². The van der Waals surface area contributed by atoms with Gasteiger partial charge in [0.2, 0.25) is 0 Å². The zero-order chi connectivity index (χ0) is 15.9. The average molecular weight is 319 g/mol. The maximum Gasteiger partial charge on any atom is 0.272 e. The molecule has 0 bridgehead atoms. The highest BCUT2D eigenvalue weighted by atomic mass is 35.5. The van der Waals surface area contributed by atoms with Gasteiger partial charge in [0.05, 0.1) is 31.0 Å². The maximum atomic E-state index is 12.0. The maximum absolute atomic E-state index is 12.0. The van der Waals surface area contributed by atoms with E-state index in [4.69, 9.17) is 21.1 Å². The summed E-state index contributed by atoms with van der Waals surface area (Å²) in [6.07, 6.45) is 1.49. The molecule has 2 rings (SSSR count). The van der Waals surface area contributed by atoms with Crippen LogP contribution in [0, 0.1) is 0 Å². The Labute approximate surface area is 133 Å². The Bertz CT molecular complexity index is 702. The van der Waals surface area contributed by atoms with Crippen molar-refractivity contribution in [2.24, 2.45) is 5.10 Å². The highest BCUT2D eigenvalue weighted by molar-refractivity contribution is 6.33. The van der Waals surface area contributed by atoms with E-state index in [1.54, 1.807) is 56.7 Å². The van der Waals surface area contributed by atoms with Crippen LogP contribution >= 0.6 is 11.6 Å². The van der Waals surface area contributed by atoms with E-state index in [-0.39, 0.29) is 5.91 Å². The topological polar surface area (TPSA) is 59.9 Å². The van der Waals surface area contributed by atoms with Crippen LogP contribution in [0.25, 0.3) is 0 Å². The lowest BCUT2D eigenvalue weighted by Gasteiger charge is -2.07. The lowest BCUT2D eigenvalue weighted by atomic mass is 10.2. The van der Waals surface area contributed by atoms with E-state index in [0.717, 1.165) is 0 Å². The number of hydrogen-bond donors (Lipinski definition) is 1. The Morgan fingerprint density at radius 2 is 1.95 bits per heavy atom. The standard InChI is InChI=1S/C16H15ClN2O3/c1-21-12-8-7-11(15(9-12)22-2)10-18-19-16(20)13-5-3-4-6-14(13)17/h3-10H,1-2H3,(H,19,20)/b18-10+. The van der Waals surface area contributed by atoms with Gasteiger partial charge < -0.3 is 9.47 Å². The summed E-state index contributed by atoms with van der Waals surface area (Å²) in [6, 6.07) is 12.1. The third kappa shape index (κ3) is 3.77. The van der Waals surface area contributed by atoms with Crippen LogP contribution in [-0.4, -0.2) is 26.3 Å². The largest absolute Gasteiger partial charge is 0.497 e. The number of rotatable bonds is 5. The first kappa shape index (κ1) is 15.9. The Kier molecular flexibility index (Phi) is 5.38. The number of carbonyl (C=O) groups is 1. The number of amides is 1. The Morgan fingerprint density at radius 1 is 1.18 bits per heavy atom. The number of carbonyl (C=O) groups excluding carboxylic acids is 1. The lowest BCUT2D eigenvalue weighted by molar-refractivity contribution is 0.0955. The number of hydrogen-bond acceptors (Lipinski definition) is 4. The highest BCUT2D eigenvalue weighted by Crippen LogP contribution is 2.23. The van der Waals surface area contributed by atoms with Gasteiger partial charge in [0.15, 0.2) is 0 Å². The minimum atomic E-state index is -0.380. The fourth-order valence-electron chi connectivity index (χ4n) is 1.79. The number of hydrazone groups is 1. The van der Waals surface area contributed by atoms with E-state index >= 15 is 0 Å². The number of halogens is 1. The van der Waals surface area contributed by atoms with E-state index in [0.29, 0.717) is 27.6 Å². The Morgan fingerprint density at radius 3 is 2.64 bits per heavy atom. The van der Waals surface area contributed by atoms with Gasteiger partial charge in [-0.15, -0.1) is 0 Å². The fourth-order valence-corrected chi connectivity index (χ4v) is 2.01. The summed E-state index contributed by atoms with van der Waals surface area (Å²) in [4.78, 5) is 12.0. The van der Waals surface area contributed by atoms with Crippen molar-refractivity contribution in [1.82, 2.24) is 5.43 Å². The van der Waals surface area contributed by atoms with Gasteiger partial charge in [-0.25, -0.2) is 5.43 Å². The molecule has 22 heavy (non-hydrogen) atoms. The lowest BCUT2D eigenvalue weighted by Crippen LogP contribution is -2.18. The molecule has 0 unspecified atom stereocenters. The summed E-state index contributed by atoms with van der Waals surface area (Å²) < 4.78 is 10.4. The summed E-state index contributed by atoms with van der Waals surface area (Å²) in [5.74, 6) is 0.888. The van der Waals surface area contributed by atoms with Crippen molar-refractivity contribution in [3.63, 3.8) is 0 Å². The molecule has 0 heterocycles. The summed E-state index contributed by atoms with van der Waals surface area (Å²) >= 11 is 5.95. The second-order valence-electron chi connectivity index (χ2n) is 4.29. The van der Waals surface area contributed by atoms with E-state index in [1.807, 2.05) is 0 Å². The molecule has 6 heteroatoms. The summed E-state index contributed by atoms with van der Waals surface area (Å²) in [7, 11) is 3.13. The van der Waals surface area contributed by atoms with E-state index in [2.05, 4.69) is 10.5 Å². The molecule has 0 fully saturated rings. The normalized spacial score (nSPS) is 10.5. The van der Waals surface area contributed by atoms with Gasteiger partial charge in [-0.05, 0) is 24.3 Å². The van der Waals surface area contributed by atoms with Gasteiger partial charge in [0.25, 0.3) is 5.91 Å².